The van der Waals surface area contributed by atoms with Crippen molar-refractivity contribution in [3.8, 4) is 0 Å². The van der Waals surface area contributed by atoms with E-state index >= 15 is 0 Å². The molecule has 1 aromatic rings. The van der Waals surface area contributed by atoms with E-state index < -0.39 is 15.8 Å². The van der Waals surface area contributed by atoms with E-state index in [9.17, 15) is 9.18 Å². The third-order valence-electron chi connectivity index (χ3n) is 6.00. The van der Waals surface area contributed by atoms with E-state index in [1.807, 2.05) is 0 Å². The molecule has 1 atom stereocenters. The zero-order chi connectivity index (χ0) is 26.7. The van der Waals surface area contributed by atoms with Crippen LogP contribution in [0.25, 0.3) is 0 Å². The fourth-order valence-electron chi connectivity index (χ4n) is 3.95. The van der Waals surface area contributed by atoms with Gasteiger partial charge < -0.3 is 16.0 Å². The average molecular weight is 583 g/mol. The number of anilines is 1. The lowest BCUT2D eigenvalue weighted by Crippen LogP contribution is -2.56. The molecule has 0 aliphatic carbocycles. The van der Waals surface area contributed by atoms with Gasteiger partial charge in [0.15, 0.2) is 5.11 Å². The number of carbonyl (C=O) groups is 1. The van der Waals surface area contributed by atoms with Crippen molar-refractivity contribution in [2.75, 3.05) is 5.32 Å². The van der Waals surface area contributed by atoms with Crippen LogP contribution in [0.3, 0.4) is 0 Å². The lowest BCUT2D eigenvalue weighted by Gasteiger charge is -2.27. The summed E-state index contributed by atoms with van der Waals surface area (Å²) >= 11 is 23.3. The molecule has 4 nitrogen and oxygen atoms in total. The molecule has 1 unspecified atom stereocenters. The molecule has 0 radical (unpaired) electrons. The van der Waals surface area contributed by atoms with Gasteiger partial charge in [-0.05, 0) is 36.8 Å². The maximum absolute atomic E-state index is 13.3. The first-order valence-corrected chi connectivity index (χ1v) is 15.0. The van der Waals surface area contributed by atoms with E-state index in [0.29, 0.717) is 12.1 Å². The number of halogens is 4. The van der Waals surface area contributed by atoms with Crippen molar-refractivity contribution < 1.29 is 9.18 Å². The summed E-state index contributed by atoms with van der Waals surface area (Å²) in [5.41, 5.74) is 0.444. The molecule has 0 heterocycles. The number of carbonyl (C=O) groups excluding carboxylic acids is 1. The summed E-state index contributed by atoms with van der Waals surface area (Å²) in [6, 6.07) is 5.81. The molecule has 0 bridgehead atoms. The van der Waals surface area contributed by atoms with Crippen molar-refractivity contribution in [2.45, 2.75) is 120 Å². The number of benzene rings is 1. The zero-order valence-corrected chi connectivity index (χ0v) is 24.6. The van der Waals surface area contributed by atoms with E-state index in [2.05, 4.69) is 22.9 Å². The minimum atomic E-state index is -1.82. The van der Waals surface area contributed by atoms with Gasteiger partial charge in [0.25, 0.3) is 0 Å². The van der Waals surface area contributed by atoms with Crippen molar-refractivity contribution in [2.24, 2.45) is 0 Å². The highest BCUT2D eigenvalue weighted by Crippen LogP contribution is 2.29. The second kappa shape index (κ2) is 20.2. The summed E-state index contributed by atoms with van der Waals surface area (Å²) in [7, 11) is 0. The number of rotatable bonds is 19. The Morgan fingerprint density at radius 2 is 1.36 bits per heavy atom. The van der Waals surface area contributed by atoms with Crippen LogP contribution in [0.5, 0.6) is 0 Å². The number of alkyl halides is 3. The minimum Gasteiger partial charge on any atom is -0.339 e. The number of thiocarbonyl (C=S) groups is 1. The Kier molecular flexibility index (Phi) is 18.6. The Morgan fingerprint density at radius 3 is 1.83 bits per heavy atom. The molecule has 3 N–H and O–H groups in total. The molecule has 36 heavy (non-hydrogen) atoms. The molecule has 1 amide bonds. The lowest BCUT2D eigenvalue weighted by molar-refractivity contribution is -0.122. The Labute approximate surface area is 237 Å². The fourth-order valence-corrected chi connectivity index (χ4v) is 4.52. The first-order chi connectivity index (χ1) is 17.2. The van der Waals surface area contributed by atoms with Crippen LogP contribution >= 0.6 is 47.0 Å². The Bertz CT molecular complexity index is 749. The highest BCUT2D eigenvalue weighted by molar-refractivity contribution is 7.80. The lowest BCUT2D eigenvalue weighted by atomic mass is 10.0. The fraction of sp³-hybridized carbons (Fsp3) is 0.704. The monoisotopic (exact) mass is 581 g/mol. The first kappa shape index (κ1) is 33.2. The van der Waals surface area contributed by atoms with Crippen LogP contribution in [-0.2, 0) is 4.79 Å². The number of nitrogens with one attached hydrogen (secondary N) is 3. The molecule has 0 aliphatic rings. The zero-order valence-electron chi connectivity index (χ0n) is 21.5. The van der Waals surface area contributed by atoms with Crippen LogP contribution in [0, 0.1) is 5.82 Å². The standard InChI is InChI=1S/C27H43Cl3FN3OS/c1-2-3-4-5-6-7-8-9-10-11-12-13-14-15-16-20-24(35)33-25(27(28,29)30)34-26(36)32-23-19-17-18-22(31)21-23/h17-19,21,25H,2-16,20H2,1H3,(H,33,35)(H2,32,34,36). The van der Waals surface area contributed by atoms with Gasteiger partial charge in [0, 0.05) is 12.1 Å². The van der Waals surface area contributed by atoms with Gasteiger partial charge in [0.2, 0.25) is 9.70 Å². The van der Waals surface area contributed by atoms with Crippen LogP contribution in [0.1, 0.15) is 110 Å². The van der Waals surface area contributed by atoms with Crippen LogP contribution in [-0.4, -0.2) is 21.0 Å². The Balaban J connectivity index is 2.12. The predicted octanol–water partition coefficient (Wildman–Crippen LogP) is 9.19. The second-order valence-electron chi connectivity index (χ2n) is 9.35. The molecule has 0 aromatic heterocycles. The molecule has 9 heteroatoms. The van der Waals surface area contributed by atoms with Crippen molar-refractivity contribution in [3.63, 3.8) is 0 Å². The minimum absolute atomic E-state index is 0.101. The van der Waals surface area contributed by atoms with Gasteiger partial charge in [-0.15, -0.1) is 0 Å². The third-order valence-corrected chi connectivity index (χ3v) is 6.87. The topological polar surface area (TPSA) is 53.2 Å². The number of hydrogen-bond acceptors (Lipinski definition) is 2. The smallest absolute Gasteiger partial charge is 0.228 e. The molecular weight excluding hydrogens is 540 g/mol. The molecule has 206 valence electrons. The molecule has 1 aromatic carbocycles. The third kappa shape index (κ3) is 17.6. The summed E-state index contributed by atoms with van der Waals surface area (Å²) in [6.45, 7) is 2.26. The van der Waals surface area contributed by atoms with Gasteiger partial charge >= 0.3 is 0 Å². The summed E-state index contributed by atoms with van der Waals surface area (Å²) in [5.74, 6) is -0.625. The quantitative estimate of drug-likeness (QED) is 0.0659. The van der Waals surface area contributed by atoms with Gasteiger partial charge in [-0.3, -0.25) is 4.79 Å². The van der Waals surface area contributed by atoms with E-state index in [4.69, 9.17) is 47.0 Å². The molecular formula is C27H43Cl3FN3OS. The van der Waals surface area contributed by atoms with Crippen LogP contribution in [0.15, 0.2) is 24.3 Å². The maximum Gasteiger partial charge on any atom is 0.228 e. The van der Waals surface area contributed by atoms with Crippen molar-refractivity contribution >= 4 is 63.7 Å². The molecule has 1 rings (SSSR count). The molecule has 0 aliphatic heterocycles. The largest absolute Gasteiger partial charge is 0.339 e. The SMILES string of the molecule is CCCCCCCCCCCCCCCCCC(=O)NC(NC(=S)Nc1cccc(F)c1)C(Cl)(Cl)Cl. The maximum atomic E-state index is 13.3. The molecule has 0 spiro atoms. The van der Waals surface area contributed by atoms with Gasteiger partial charge in [-0.2, -0.15) is 0 Å². The van der Waals surface area contributed by atoms with E-state index in [1.165, 1.54) is 89.2 Å². The average Bonchev–Trinajstić information content (AvgIpc) is 2.80. The first-order valence-electron chi connectivity index (χ1n) is 13.4. The highest BCUT2D eigenvalue weighted by Gasteiger charge is 2.34. The van der Waals surface area contributed by atoms with E-state index in [-0.39, 0.29) is 11.0 Å². The van der Waals surface area contributed by atoms with E-state index in [1.54, 1.807) is 12.1 Å². The summed E-state index contributed by atoms with van der Waals surface area (Å²) in [6.07, 6.45) is 18.3. The van der Waals surface area contributed by atoms with Crippen LogP contribution in [0.2, 0.25) is 0 Å². The van der Waals surface area contributed by atoms with Crippen LogP contribution < -0.4 is 16.0 Å². The Morgan fingerprint density at radius 1 is 0.861 bits per heavy atom. The van der Waals surface area contributed by atoms with Crippen molar-refractivity contribution in [1.82, 2.24) is 10.6 Å². The van der Waals surface area contributed by atoms with Gasteiger partial charge in [0.1, 0.15) is 12.0 Å². The van der Waals surface area contributed by atoms with E-state index in [0.717, 1.165) is 19.3 Å². The number of amides is 1. The Hall–Kier alpha value is -0.820. The van der Waals surface area contributed by atoms with Gasteiger partial charge in [-0.1, -0.05) is 138 Å². The molecule has 0 fully saturated rings. The van der Waals surface area contributed by atoms with Crippen molar-refractivity contribution in [1.29, 1.82) is 0 Å². The normalized spacial score (nSPS) is 12.2. The van der Waals surface area contributed by atoms with Gasteiger partial charge in [0.05, 0.1) is 0 Å². The summed E-state index contributed by atoms with van der Waals surface area (Å²) in [4.78, 5) is 12.4. The molecule has 0 saturated carbocycles. The second-order valence-corrected chi connectivity index (χ2v) is 12.1. The highest BCUT2D eigenvalue weighted by atomic mass is 35.6. The summed E-state index contributed by atoms with van der Waals surface area (Å²) < 4.78 is 11.5. The van der Waals surface area contributed by atoms with Crippen molar-refractivity contribution in [3.05, 3.63) is 30.1 Å². The number of hydrogen-bond donors (Lipinski definition) is 3. The molecule has 0 saturated heterocycles. The number of unbranched alkanes of at least 4 members (excludes halogenated alkanes) is 14. The summed E-state index contributed by atoms with van der Waals surface area (Å²) in [5, 5.41) is 8.38. The van der Waals surface area contributed by atoms with Gasteiger partial charge in [-0.25, -0.2) is 4.39 Å². The predicted molar refractivity (Wildman–Crippen MR) is 158 cm³/mol. The van der Waals surface area contributed by atoms with Crippen LogP contribution in [0.4, 0.5) is 10.1 Å².